The molecule has 3 rings (SSSR count). The van der Waals surface area contributed by atoms with E-state index in [1.54, 1.807) is 7.11 Å². The number of nitrogens with zero attached hydrogens (tertiary/aromatic N) is 2. The molecular weight excluding hydrogens is 280 g/mol. The number of fused-ring (bicyclic) bond motifs is 1. The van der Waals surface area contributed by atoms with Crippen molar-refractivity contribution in [3.8, 4) is 17.0 Å². The number of ether oxygens (including phenoxy) is 1. The molecular formula is C16H20N4O2. The molecule has 1 aliphatic heterocycles. The standard InChI is InChI=1S/C16H20N4O2/c1-22-14-5-3-2-4-11(14)16-12-10-18-8-6-13(12)20(19-16)9-7-15(17)21/h2-5,18H,6-10H2,1H3,(H2,17,21). The minimum atomic E-state index is -0.308. The van der Waals surface area contributed by atoms with Crippen LogP contribution in [-0.2, 0) is 24.3 Å². The van der Waals surface area contributed by atoms with Crippen LogP contribution in [0.15, 0.2) is 24.3 Å². The number of carbonyl (C=O) groups excluding carboxylic acids is 1. The van der Waals surface area contributed by atoms with Gasteiger partial charge < -0.3 is 15.8 Å². The van der Waals surface area contributed by atoms with Crippen molar-refractivity contribution in [3.05, 3.63) is 35.5 Å². The molecule has 0 saturated carbocycles. The van der Waals surface area contributed by atoms with Gasteiger partial charge in [-0.15, -0.1) is 0 Å². The lowest BCUT2D eigenvalue weighted by molar-refractivity contribution is -0.118. The maximum atomic E-state index is 11.1. The summed E-state index contributed by atoms with van der Waals surface area (Å²) in [6, 6.07) is 7.86. The van der Waals surface area contributed by atoms with E-state index in [4.69, 9.17) is 15.6 Å². The normalized spacial score (nSPS) is 13.7. The molecule has 6 heteroatoms. The number of nitrogens with two attached hydrogens (primary N) is 1. The molecule has 0 fully saturated rings. The van der Waals surface area contributed by atoms with E-state index in [1.165, 1.54) is 11.3 Å². The van der Waals surface area contributed by atoms with Gasteiger partial charge in [-0.05, 0) is 12.1 Å². The van der Waals surface area contributed by atoms with E-state index in [-0.39, 0.29) is 5.91 Å². The smallest absolute Gasteiger partial charge is 0.219 e. The van der Waals surface area contributed by atoms with E-state index in [0.717, 1.165) is 36.5 Å². The van der Waals surface area contributed by atoms with Crippen molar-refractivity contribution in [1.29, 1.82) is 0 Å². The van der Waals surface area contributed by atoms with Crippen molar-refractivity contribution < 1.29 is 9.53 Å². The lowest BCUT2D eigenvalue weighted by Gasteiger charge is -2.16. The van der Waals surface area contributed by atoms with Crippen molar-refractivity contribution in [2.45, 2.75) is 25.9 Å². The molecule has 1 aliphatic rings. The van der Waals surface area contributed by atoms with Gasteiger partial charge >= 0.3 is 0 Å². The Morgan fingerprint density at radius 2 is 2.27 bits per heavy atom. The van der Waals surface area contributed by atoms with Crippen LogP contribution < -0.4 is 15.8 Å². The summed E-state index contributed by atoms with van der Waals surface area (Å²) >= 11 is 0. The van der Waals surface area contributed by atoms with Crippen LogP contribution in [0, 0.1) is 0 Å². The number of carbonyl (C=O) groups is 1. The summed E-state index contributed by atoms with van der Waals surface area (Å²) in [6.45, 7) is 2.22. The number of amides is 1. The first-order valence-corrected chi connectivity index (χ1v) is 7.41. The second kappa shape index (κ2) is 6.19. The molecule has 3 N–H and O–H groups in total. The highest BCUT2D eigenvalue weighted by Crippen LogP contribution is 2.33. The highest BCUT2D eigenvalue weighted by Gasteiger charge is 2.23. The Balaban J connectivity index is 2.05. The Hall–Kier alpha value is -2.34. The van der Waals surface area contributed by atoms with Crippen molar-refractivity contribution in [3.63, 3.8) is 0 Å². The molecule has 0 bridgehead atoms. The van der Waals surface area contributed by atoms with E-state index < -0.39 is 0 Å². The van der Waals surface area contributed by atoms with Crippen LogP contribution in [0.3, 0.4) is 0 Å². The van der Waals surface area contributed by atoms with Crippen LogP contribution in [0.25, 0.3) is 11.3 Å². The number of aromatic nitrogens is 2. The fraction of sp³-hybridized carbons (Fsp3) is 0.375. The summed E-state index contributed by atoms with van der Waals surface area (Å²) in [4.78, 5) is 11.1. The lowest BCUT2D eigenvalue weighted by Crippen LogP contribution is -2.25. The van der Waals surface area contributed by atoms with E-state index in [1.807, 2.05) is 28.9 Å². The minimum absolute atomic E-state index is 0.299. The van der Waals surface area contributed by atoms with Crippen molar-refractivity contribution in [2.24, 2.45) is 5.73 Å². The zero-order valence-corrected chi connectivity index (χ0v) is 12.6. The molecule has 0 saturated heterocycles. The molecule has 22 heavy (non-hydrogen) atoms. The monoisotopic (exact) mass is 300 g/mol. The molecule has 1 aromatic carbocycles. The summed E-state index contributed by atoms with van der Waals surface area (Å²) in [6.07, 6.45) is 1.20. The molecule has 0 radical (unpaired) electrons. The third-order valence-electron chi connectivity index (χ3n) is 3.94. The number of nitrogens with one attached hydrogen (secondary N) is 1. The molecule has 0 atom stereocenters. The second-order valence-corrected chi connectivity index (χ2v) is 5.34. The Bertz CT molecular complexity index is 693. The zero-order chi connectivity index (χ0) is 15.5. The van der Waals surface area contributed by atoms with Crippen LogP contribution >= 0.6 is 0 Å². The fourth-order valence-corrected chi connectivity index (χ4v) is 2.88. The minimum Gasteiger partial charge on any atom is -0.496 e. The Morgan fingerprint density at radius 1 is 1.45 bits per heavy atom. The van der Waals surface area contributed by atoms with Crippen LogP contribution in [0.5, 0.6) is 5.75 Å². The third kappa shape index (κ3) is 2.69. The number of hydrogen-bond donors (Lipinski definition) is 2. The van der Waals surface area contributed by atoms with Gasteiger partial charge in [-0.2, -0.15) is 5.10 Å². The van der Waals surface area contributed by atoms with E-state index in [9.17, 15) is 4.79 Å². The number of para-hydroxylation sites is 1. The second-order valence-electron chi connectivity index (χ2n) is 5.34. The number of benzene rings is 1. The van der Waals surface area contributed by atoms with Gasteiger partial charge in [0.15, 0.2) is 0 Å². The SMILES string of the molecule is COc1ccccc1-c1nn(CCC(N)=O)c2c1CNCC2. The Labute approximate surface area is 129 Å². The molecule has 1 amide bonds. The fourth-order valence-electron chi connectivity index (χ4n) is 2.88. The van der Waals surface area contributed by atoms with Crippen molar-refractivity contribution >= 4 is 5.91 Å². The summed E-state index contributed by atoms with van der Waals surface area (Å²) in [5, 5.41) is 8.11. The molecule has 0 aliphatic carbocycles. The summed E-state index contributed by atoms with van der Waals surface area (Å²) in [5.74, 6) is 0.493. The van der Waals surface area contributed by atoms with Gasteiger partial charge in [-0.1, -0.05) is 12.1 Å². The zero-order valence-electron chi connectivity index (χ0n) is 12.6. The first-order chi connectivity index (χ1) is 10.7. The maximum Gasteiger partial charge on any atom is 0.219 e. The maximum absolute atomic E-state index is 11.1. The number of rotatable bonds is 5. The first kappa shape index (κ1) is 14.6. The molecule has 2 heterocycles. The number of aryl methyl sites for hydroxylation is 1. The molecule has 1 aromatic heterocycles. The predicted molar refractivity (Wildman–Crippen MR) is 83.4 cm³/mol. The highest BCUT2D eigenvalue weighted by molar-refractivity contribution is 5.74. The molecule has 6 nitrogen and oxygen atoms in total. The largest absolute Gasteiger partial charge is 0.496 e. The average molecular weight is 300 g/mol. The summed E-state index contributed by atoms with van der Waals surface area (Å²) < 4.78 is 7.37. The van der Waals surface area contributed by atoms with E-state index >= 15 is 0 Å². The van der Waals surface area contributed by atoms with Gasteiger partial charge in [0.05, 0.1) is 7.11 Å². The average Bonchev–Trinajstić information content (AvgIpc) is 2.91. The molecule has 0 unspecified atom stereocenters. The first-order valence-electron chi connectivity index (χ1n) is 7.41. The van der Waals surface area contributed by atoms with Crippen LogP contribution in [0.1, 0.15) is 17.7 Å². The molecule has 0 spiro atoms. The van der Waals surface area contributed by atoms with Gasteiger partial charge in [-0.25, -0.2) is 0 Å². The predicted octanol–water partition coefficient (Wildman–Crippen LogP) is 1.08. The van der Waals surface area contributed by atoms with Crippen LogP contribution in [0.2, 0.25) is 0 Å². The quantitative estimate of drug-likeness (QED) is 0.865. The van der Waals surface area contributed by atoms with E-state index in [2.05, 4.69) is 5.32 Å². The summed E-state index contributed by atoms with van der Waals surface area (Å²) in [5.41, 5.74) is 9.52. The van der Waals surface area contributed by atoms with Gasteiger partial charge in [0.25, 0.3) is 0 Å². The van der Waals surface area contributed by atoms with Gasteiger partial charge in [0.2, 0.25) is 5.91 Å². The molecule has 2 aromatic rings. The van der Waals surface area contributed by atoms with Gasteiger partial charge in [0.1, 0.15) is 11.4 Å². The Morgan fingerprint density at radius 3 is 3.05 bits per heavy atom. The number of primary amides is 1. The van der Waals surface area contributed by atoms with Crippen molar-refractivity contribution in [1.82, 2.24) is 15.1 Å². The molecule has 116 valence electrons. The Kier molecular flexibility index (Phi) is 4.11. The van der Waals surface area contributed by atoms with E-state index in [0.29, 0.717) is 13.0 Å². The number of hydrogen-bond acceptors (Lipinski definition) is 4. The van der Waals surface area contributed by atoms with Crippen LogP contribution in [-0.4, -0.2) is 29.3 Å². The van der Waals surface area contributed by atoms with Gasteiger partial charge in [0, 0.05) is 49.3 Å². The highest BCUT2D eigenvalue weighted by atomic mass is 16.5. The third-order valence-corrected chi connectivity index (χ3v) is 3.94. The topological polar surface area (TPSA) is 82.2 Å². The van der Waals surface area contributed by atoms with Gasteiger partial charge in [-0.3, -0.25) is 9.48 Å². The summed E-state index contributed by atoms with van der Waals surface area (Å²) in [7, 11) is 1.66. The lowest BCUT2D eigenvalue weighted by atomic mass is 10.0. The van der Waals surface area contributed by atoms with Crippen LogP contribution in [0.4, 0.5) is 0 Å². The van der Waals surface area contributed by atoms with Crippen molar-refractivity contribution in [2.75, 3.05) is 13.7 Å². The number of methoxy groups -OCH3 is 1.